The van der Waals surface area contributed by atoms with Crippen molar-refractivity contribution in [3.05, 3.63) is 67.0 Å². The second-order valence-electron chi connectivity index (χ2n) is 7.90. The number of esters is 1. The molecule has 33 heavy (non-hydrogen) atoms. The van der Waals surface area contributed by atoms with E-state index in [2.05, 4.69) is 20.6 Å². The van der Waals surface area contributed by atoms with Gasteiger partial charge in [-0.05, 0) is 55.5 Å². The van der Waals surface area contributed by atoms with Gasteiger partial charge in [-0.2, -0.15) is 0 Å². The number of carbonyl (C=O) groups is 2. The van der Waals surface area contributed by atoms with Crippen LogP contribution in [0, 0.1) is 0 Å². The number of hydrogen-bond donors (Lipinski definition) is 2. The number of aromatic nitrogens is 2. The molecule has 0 unspecified atom stereocenters. The van der Waals surface area contributed by atoms with Crippen molar-refractivity contribution in [2.24, 2.45) is 0 Å². The van der Waals surface area contributed by atoms with Gasteiger partial charge in [-0.25, -0.2) is 14.8 Å². The van der Waals surface area contributed by atoms with E-state index in [1.54, 1.807) is 12.4 Å². The zero-order chi connectivity index (χ0) is 23.0. The van der Waals surface area contributed by atoms with Gasteiger partial charge in [-0.15, -0.1) is 0 Å². The Morgan fingerprint density at radius 2 is 1.36 bits per heavy atom. The van der Waals surface area contributed by atoms with Crippen molar-refractivity contribution >= 4 is 23.4 Å². The van der Waals surface area contributed by atoms with Crippen LogP contribution in [0.5, 0.6) is 6.01 Å². The van der Waals surface area contributed by atoms with E-state index in [1.165, 1.54) is 6.92 Å². The summed E-state index contributed by atoms with van der Waals surface area (Å²) in [6, 6.07) is 16.7. The van der Waals surface area contributed by atoms with Crippen molar-refractivity contribution in [2.75, 3.05) is 10.6 Å². The average Bonchev–Trinajstić information content (AvgIpc) is 2.82. The first-order valence-corrected chi connectivity index (χ1v) is 10.9. The molecule has 0 radical (unpaired) electrons. The average molecular weight is 447 g/mol. The van der Waals surface area contributed by atoms with Gasteiger partial charge < -0.3 is 20.1 Å². The molecule has 1 saturated carbocycles. The first-order valence-electron chi connectivity index (χ1n) is 10.9. The molecule has 0 saturated heterocycles. The molecular weight excluding hydrogens is 420 g/mol. The van der Waals surface area contributed by atoms with E-state index in [0.29, 0.717) is 11.7 Å². The summed E-state index contributed by atoms with van der Waals surface area (Å²) in [5, 5.41) is 5.59. The highest BCUT2D eigenvalue weighted by Gasteiger charge is 2.24. The van der Waals surface area contributed by atoms with Crippen LogP contribution in [0.15, 0.2) is 67.0 Å². The van der Waals surface area contributed by atoms with Gasteiger partial charge in [0, 0.05) is 36.3 Å². The molecule has 8 heteroatoms. The van der Waals surface area contributed by atoms with Crippen molar-refractivity contribution in [1.82, 2.24) is 9.97 Å². The molecule has 170 valence electrons. The second-order valence-corrected chi connectivity index (χ2v) is 7.90. The zero-order valence-corrected chi connectivity index (χ0v) is 18.4. The first-order chi connectivity index (χ1) is 16.0. The van der Waals surface area contributed by atoms with E-state index in [4.69, 9.17) is 9.47 Å². The fourth-order valence-corrected chi connectivity index (χ4v) is 3.74. The number of nitrogens with one attached hydrogen (secondary N) is 2. The monoisotopic (exact) mass is 446 g/mol. The van der Waals surface area contributed by atoms with Gasteiger partial charge in [-0.1, -0.05) is 30.3 Å². The SMILES string of the molecule is CC(=O)OC1CCC(Oc2ncc(-c3ccc(NC(=O)Nc4ccccc4)cc3)cn2)CC1. The van der Waals surface area contributed by atoms with E-state index in [-0.39, 0.29) is 24.2 Å². The van der Waals surface area contributed by atoms with Crippen LogP contribution in [0.3, 0.4) is 0 Å². The molecule has 1 aliphatic carbocycles. The number of amides is 2. The third-order valence-corrected chi connectivity index (χ3v) is 5.36. The summed E-state index contributed by atoms with van der Waals surface area (Å²) in [4.78, 5) is 31.9. The maximum Gasteiger partial charge on any atom is 0.323 e. The highest BCUT2D eigenvalue weighted by molar-refractivity contribution is 5.99. The number of nitrogens with zero attached hydrogens (tertiary/aromatic N) is 2. The van der Waals surface area contributed by atoms with E-state index in [0.717, 1.165) is 42.5 Å². The molecule has 1 fully saturated rings. The largest absolute Gasteiger partial charge is 0.463 e. The lowest BCUT2D eigenvalue weighted by atomic mass is 9.95. The predicted molar refractivity (Wildman–Crippen MR) is 125 cm³/mol. The van der Waals surface area contributed by atoms with Crippen molar-refractivity contribution in [1.29, 1.82) is 0 Å². The number of anilines is 2. The maximum absolute atomic E-state index is 12.1. The summed E-state index contributed by atoms with van der Waals surface area (Å²) in [7, 11) is 0. The minimum atomic E-state index is -0.305. The Labute approximate surface area is 192 Å². The van der Waals surface area contributed by atoms with Crippen molar-refractivity contribution in [3.63, 3.8) is 0 Å². The molecule has 0 atom stereocenters. The standard InChI is InChI=1S/C25H26N4O4/c1-17(30)32-22-11-13-23(14-12-22)33-25-26-15-19(16-27-25)18-7-9-21(10-8-18)29-24(31)28-20-5-3-2-4-6-20/h2-10,15-16,22-23H,11-14H2,1H3,(H2,28,29,31). The van der Waals surface area contributed by atoms with E-state index >= 15 is 0 Å². The van der Waals surface area contributed by atoms with Gasteiger partial charge in [0.15, 0.2) is 0 Å². The molecule has 2 aromatic carbocycles. The lowest BCUT2D eigenvalue weighted by molar-refractivity contribution is -0.148. The molecule has 1 aromatic heterocycles. The normalized spacial score (nSPS) is 17.6. The quantitative estimate of drug-likeness (QED) is 0.514. The van der Waals surface area contributed by atoms with Crippen LogP contribution in [0.25, 0.3) is 11.1 Å². The molecule has 2 N–H and O–H groups in total. The van der Waals surface area contributed by atoms with Crippen LogP contribution in [-0.2, 0) is 9.53 Å². The lowest BCUT2D eigenvalue weighted by Crippen LogP contribution is -2.29. The Hall–Kier alpha value is -3.94. The van der Waals surface area contributed by atoms with Crippen LogP contribution in [0.1, 0.15) is 32.6 Å². The number of carbonyl (C=O) groups excluding carboxylic acids is 2. The van der Waals surface area contributed by atoms with Crippen molar-refractivity contribution in [3.8, 4) is 17.1 Å². The van der Waals surface area contributed by atoms with Crippen LogP contribution in [-0.4, -0.2) is 34.2 Å². The molecule has 0 aliphatic heterocycles. The summed E-state index contributed by atoms with van der Waals surface area (Å²) in [5.74, 6) is -0.238. The molecule has 1 aliphatic rings. The zero-order valence-electron chi connectivity index (χ0n) is 18.4. The van der Waals surface area contributed by atoms with Crippen molar-refractivity contribution < 1.29 is 19.1 Å². The van der Waals surface area contributed by atoms with Crippen LogP contribution >= 0.6 is 0 Å². The first kappa shape index (κ1) is 22.3. The second kappa shape index (κ2) is 10.6. The van der Waals surface area contributed by atoms with Gasteiger partial charge in [0.1, 0.15) is 12.2 Å². The number of benzene rings is 2. The van der Waals surface area contributed by atoms with Gasteiger partial charge >= 0.3 is 18.0 Å². The lowest BCUT2D eigenvalue weighted by Gasteiger charge is -2.27. The summed E-state index contributed by atoms with van der Waals surface area (Å²) < 4.78 is 11.2. The summed E-state index contributed by atoms with van der Waals surface area (Å²) in [6.45, 7) is 1.44. The minimum Gasteiger partial charge on any atom is -0.463 e. The molecule has 3 aromatic rings. The third kappa shape index (κ3) is 6.52. The number of urea groups is 1. The molecular formula is C25H26N4O4. The number of para-hydroxylation sites is 1. The van der Waals surface area contributed by atoms with E-state index in [9.17, 15) is 9.59 Å². The number of hydrogen-bond acceptors (Lipinski definition) is 6. The topological polar surface area (TPSA) is 102 Å². The minimum absolute atomic E-state index is 0.0208. The van der Waals surface area contributed by atoms with Crippen LogP contribution in [0.2, 0.25) is 0 Å². The molecule has 4 rings (SSSR count). The predicted octanol–water partition coefficient (Wildman–Crippen LogP) is 5.04. The van der Waals surface area contributed by atoms with Gasteiger partial charge in [0.25, 0.3) is 0 Å². The van der Waals surface area contributed by atoms with Gasteiger partial charge in [-0.3, -0.25) is 4.79 Å². The molecule has 0 spiro atoms. The smallest absolute Gasteiger partial charge is 0.323 e. The Kier molecular flexibility index (Phi) is 7.14. The van der Waals surface area contributed by atoms with Crippen molar-refractivity contribution in [2.45, 2.75) is 44.8 Å². The van der Waals surface area contributed by atoms with Gasteiger partial charge in [0.05, 0.1) is 0 Å². The Morgan fingerprint density at radius 3 is 1.97 bits per heavy atom. The highest BCUT2D eigenvalue weighted by Crippen LogP contribution is 2.25. The van der Waals surface area contributed by atoms with E-state index in [1.807, 2.05) is 54.6 Å². The Bertz CT molecular complexity index is 1060. The van der Waals surface area contributed by atoms with Crippen LogP contribution < -0.4 is 15.4 Å². The fraction of sp³-hybridized carbons (Fsp3) is 0.280. The maximum atomic E-state index is 12.1. The Balaban J connectivity index is 1.28. The van der Waals surface area contributed by atoms with E-state index < -0.39 is 0 Å². The third-order valence-electron chi connectivity index (χ3n) is 5.36. The summed E-state index contributed by atoms with van der Waals surface area (Å²) >= 11 is 0. The number of rotatable bonds is 6. The molecule has 1 heterocycles. The summed E-state index contributed by atoms with van der Waals surface area (Å²) in [6.07, 6.45) is 6.61. The van der Waals surface area contributed by atoms with Crippen LogP contribution in [0.4, 0.5) is 16.2 Å². The van der Waals surface area contributed by atoms with Gasteiger partial charge in [0.2, 0.25) is 0 Å². The molecule has 8 nitrogen and oxygen atoms in total. The molecule has 2 amide bonds. The number of ether oxygens (including phenoxy) is 2. The summed E-state index contributed by atoms with van der Waals surface area (Å²) in [5.41, 5.74) is 3.18. The Morgan fingerprint density at radius 1 is 0.788 bits per heavy atom. The highest BCUT2D eigenvalue weighted by atomic mass is 16.5. The fourth-order valence-electron chi connectivity index (χ4n) is 3.74. The molecule has 0 bridgehead atoms.